The van der Waals surface area contributed by atoms with Crippen molar-refractivity contribution in [3.8, 4) is 0 Å². The standard InChI is InChI=1S/C23H34N4O3S/c1-3-25-12-5-6-20(25)17-24-23(28)18-10-14-27(15-11-18)31(29,30)21-7-8-22-19(16-21)9-13-26(22)4-2/h7-9,13,16,18,20H,3-6,10-12,14-15,17H2,1-2H3,(H,24,28). The molecule has 2 aliphatic heterocycles. The van der Waals surface area contributed by atoms with E-state index < -0.39 is 10.0 Å². The van der Waals surface area contributed by atoms with E-state index in [4.69, 9.17) is 0 Å². The van der Waals surface area contributed by atoms with Crippen LogP contribution in [0.5, 0.6) is 0 Å². The van der Waals surface area contributed by atoms with Crippen molar-refractivity contribution in [3.05, 3.63) is 30.5 Å². The zero-order valence-corrected chi connectivity index (χ0v) is 19.4. The van der Waals surface area contributed by atoms with E-state index >= 15 is 0 Å². The van der Waals surface area contributed by atoms with Crippen LogP contribution in [0.25, 0.3) is 10.9 Å². The van der Waals surface area contributed by atoms with Crippen LogP contribution in [0.2, 0.25) is 0 Å². The minimum Gasteiger partial charge on any atom is -0.354 e. The van der Waals surface area contributed by atoms with E-state index in [2.05, 4.69) is 28.6 Å². The summed E-state index contributed by atoms with van der Waals surface area (Å²) in [4.78, 5) is 15.4. The Hall–Kier alpha value is -1.90. The Kier molecular flexibility index (Phi) is 6.69. The van der Waals surface area contributed by atoms with Crippen LogP contribution < -0.4 is 5.32 Å². The Balaban J connectivity index is 1.35. The Morgan fingerprint density at radius 1 is 1.06 bits per heavy atom. The molecule has 31 heavy (non-hydrogen) atoms. The summed E-state index contributed by atoms with van der Waals surface area (Å²) < 4.78 is 30.0. The number of hydrogen-bond donors (Lipinski definition) is 1. The number of aromatic nitrogens is 1. The van der Waals surface area contributed by atoms with Gasteiger partial charge in [-0.05, 0) is 70.0 Å². The molecule has 4 rings (SSSR count). The first kappa shape index (κ1) is 22.3. The maximum atomic E-state index is 13.2. The van der Waals surface area contributed by atoms with Crippen LogP contribution in [0.4, 0.5) is 0 Å². The maximum absolute atomic E-state index is 13.2. The molecule has 2 aliphatic rings. The predicted octanol–water partition coefficient (Wildman–Crippen LogP) is 2.66. The molecule has 2 saturated heterocycles. The van der Waals surface area contributed by atoms with Crippen LogP contribution in [0.1, 0.15) is 39.5 Å². The van der Waals surface area contributed by atoms with Crippen molar-refractivity contribution in [2.75, 3.05) is 32.7 Å². The fourth-order valence-electron chi connectivity index (χ4n) is 5.03. The minimum absolute atomic E-state index is 0.0716. The highest BCUT2D eigenvalue weighted by Gasteiger charge is 2.33. The number of likely N-dealkylation sites (tertiary alicyclic amines) is 1. The normalized spacial score (nSPS) is 21.7. The van der Waals surface area contributed by atoms with Gasteiger partial charge in [0.05, 0.1) is 4.90 Å². The summed E-state index contributed by atoms with van der Waals surface area (Å²) in [7, 11) is -3.55. The number of hydrogen-bond acceptors (Lipinski definition) is 4. The van der Waals surface area contributed by atoms with Gasteiger partial charge in [-0.25, -0.2) is 8.42 Å². The number of piperidine rings is 1. The fourth-order valence-corrected chi connectivity index (χ4v) is 6.53. The Morgan fingerprint density at radius 3 is 2.55 bits per heavy atom. The lowest BCUT2D eigenvalue weighted by Gasteiger charge is -2.31. The van der Waals surface area contributed by atoms with E-state index in [0.29, 0.717) is 43.4 Å². The number of aryl methyl sites for hydroxylation is 1. The molecule has 2 fully saturated rings. The molecule has 1 aromatic heterocycles. The van der Waals surface area contributed by atoms with E-state index in [9.17, 15) is 13.2 Å². The molecule has 0 radical (unpaired) electrons. The van der Waals surface area contributed by atoms with Gasteiger partial charge in [0.2, 0.25) is 15.9 Å². The summed E-state index contributed by atoms with van der Waals surface area (Å²) in [5.74, 6) is -0.0358. The van der Waals surface area contributed by atoms with Crippen LogP contribution >= 0.6 is 0 Å². The topological polar surface area (TPSA) is 74.7 Å². The fraction of sp³-hybridized carbons (Fsp3) is 0.609. The first-order valence-electron chi connectivity index (χ1n) is 11.5. The monoisotopic (exact) mass is 446 g/mol. The molecular formula is C23H34N4O3S. The minimum atomic E-state index is -3.55. The number of amides is 1. The van der Waals surface area contributed by atoms with Gasteiger partial charge >= 0.3 is 0 Å². The molecule has 8 heteroatoms. The van der Waals surface area contributed by atoms with E-state index in [-0.39, 0.29) is 11.8 Å². The summed E-state index contributed by atoms with van der Waals surface area (Å²) >= 11 is 0. The summed E-state index contributed by atoms with van der Waals surface area (Å²) in [6.45, 7) is 8.68. The second-order valence-electron chi connectivity index (χ2n) is 8.67. The van der Waals surface area contributed by atoms with Gasteiger partial charge in [0.1, 0.15) is 0 Å². The van der Waals surface area contributed by atoms with Crippen LogP contribution in [0, 0.1) is 5.92 Å². The van der Waals surface area contributed by atoms with Gasteiger partial charge < -0.3 is 9.88 Å². The third-order valence-electron chi connectivity index (χ3n) is 6.96. The molecule has 1 atom stereocenters. The lowest BCUT2D eigenvalue weighted by Crippen LogP contribution is -2.45. The lowest BCUT2D eigenvalue weighted by molar-refractivity contribution is -0.126. The average Bonchev–Trinajstić information content (AvgIpc) is 3.43. The largest absolute Gasteiger partial charge is 0.354 e. The SMILES string of the molecule is CCN1CCCC1CNC(=O)C1CCN(S(=O)(=O)c2ccc3c(ccn3CC)c2)CC1. The van der Waals surface area contributed by atoms with Crippen molar-refractivity contribution in [2.45, 2.75) is 57.0 Å². The van der Waals surface area contributed by atoms with E-state index in [1.807, 2.05) is 18.3 Å². The van der Waals surface area contributed by atoms with Crippen LogP contribution in [0.15, 0.2) is 35.4 Å². The molecule has 0 aliphatic carbocycles. The third-order valence-corrected chi connectivity index (χ3v) is 8.86. The first-order chi connectivity index (χ1) is 14.9. The first-order valence-corrected chi connectivity index (χ1v) is 13.0. The van der Waals surface area contributed by atoms with E-state index in [1.165, 1.54) is 10.7 Å². The molecule has 170 valence electrons. The molecule has 3 heterocycles. The quantitative estimate of drug-likeness (QED) is 0.710. The second kappa shape index (κ2) is 9.30. The number of rotatable bonds is 7. The number of sulfonamides is 1. The highest BCUT2D eigenvalue weighted by atomic mass is 32.2. The Bertz CT molecular complexity index is 1020. The van der Waals surface area contributed by atoms with Gasteiger partial charge in [-0.1, -0.05) is 6.92 Å². The molecule has 1 amide bonds. The van der Waals surface area contributed by atoms with Crippen LogP contribution in [-0.4, -0.2) is 66.9 Å². The van der Waals surface area contributed by atoms with Gasteiger partial charge in [0, 0.05) is 55.2 Å². The van der Waals surface area contributed by atoms with Crippen molar-refractivity contribution >= 4 is 26.8 Å². The summed E-state index contributed by atoms with van der Waals surface area (Å²) in [5.41, 5.74) is 1.04. The van der Waals surface area contributed by atoms with Gasteiger partial charge in [-0.3, -0.25) is 9.69 Å². The summed E-state index contributed by atoms with van der Waals surface area (Å²) in [6, 6.07) is 7.74. The number of benzene rings is 1. The van der Waals surface area contributed by atoms with Crippen LogP contribution in [0.3, 0.4) is 0 Å². The maximum Gasteiger partial charge on any atom is 0.243 e. The molecule has 1 unspecified atom stereocenters. The van der Waals surface area contributed by atoms with Gasteiger partial charge in [0.15, 0.2) is 0 Å². The van der Waals surface area contributed by atoms with Crippen LogP contribution in [-0.2, 0) is 21.4 Å². The molecule has 0 spiro atoms. The predicted molar refractivity (Wildman–Crippen MR) is 122 cm³/mol. The van der Waals surface area contributed by atoms with Gasteiger partial charge in [-0.15, -0.1) is 0 Å². The number of likely N-dealkylation sites (N-methyl/N-ethyl adjacent to an activating group) is 1. The number of fused-ring (bicyclic) bond motifs is 1. The van der Waals surface area contributed by atoms with Crippen molar-refractivity contribution in [1.82, 2.24) is 19.1 Å². The highest BCUT2D eigenvalue weighted by Crippen LogP contribution is 2.27. The molecule has 2 aromatic rings. The zero-order valence-electron chi connectivity index (χ0n) is 18.6. The second-order valence-corrected chi connectivity index (χ2v) is 10.6. The Morgan fingerprint density at radius 2 is 1.84 bits per heavy atom. The number of nitrogens with one attached hydrogen (secondary N) is 1. The highest BCUT2D eigenvalue weighted by molar-refractivity contribution is 7.89. The van der Waals surface area contributed by atoms with Crippen molar-refractivity contribution in [3.63, 3.8) is 0 Å². The average molecular weight is 447 g/mol. The summed E-state index contributed by atoms with van der Waals surface area (Å²) in [5, 5.41) is 4.06. The number of nitrogens with zero attached hydrogens (tertiary/aromatic N) is 3. The van der Waals surface area contributed by atoms with Gasteiger partial charge in [-0.2, -0.15) is 4.31 Å². The lowest BCUT2D eigenvalue weighted by atomic mass is 9.97. The van der Waals surface area contributed by atoms with Crippen molar-refractivity contribution < 1.29 is 13.2 Å². The number of carbonyl (C=O) groups excluding carboxylic acids is 1. The Labute approximate surface area is 185 Å². The van der Waals surface area contributed by atoms with E-state index in [0.717, 1.165) is 37.0 Å². The molecule has 7 nitrogen and oxygen atoms in total. The number of carbonyl (C=O) groups is 1. The smallest absolute Gasteiger partial charge is 0.243 e. The molecular weight excluding hydrogens is 412 g/mol. The molecule has 0 bridgehead atoms. The molecule has 1 aromatic carbocycles. The molecule has 0 saturated carbocycles. The molecule has 1 N–H and O–H groups in total. The van der Waals surface area contributed by atoms with Crippen molar-refractivity contribution in [1.29, 1.82) is 0 Å². The van der Waals surface area contributed by atoms with Crippen molar-refractivity contribution in [2.24, 2.45) is 5.92 Å². The zero-order chi connectivity index (χ0) is 22.0. The third kappa shape index (κ3) is 4.52. The van der Waals surface area contributed by atoms with E-state index in [1.54, 1.807) is 12.1 Å². The summed E-state index contributed by atoms with van der Waals surface area (Å²) in [6.07, 6.45) is 5.45. The van der Waals surface area contributed by atoms with Gasteiger partial charge in [0.25, 0.3) is 0 Å².